The van der Waals surface area contributed by atoms with Gasteiger partial charge in [0.15, 0.2) is 5.82 Å². The lowest BCUT2D eigenvalue weighted by atomic mass is 9.83. The lowest BCUT2D eigenvalue weighted by molar-refractivity contribution is -0.125. The minimum atomic E-state index is -0.513. The summed E-state index contributed by atoms with van der Waals surface area (Å²) in [5, 5.41) is 25.4. The van der Waals surface area contributed by atoms with E-state index >= 15 is 0 Å². The summed E-state index contributed by atoms with van der Waals surface area (Å²) in [6, 6.07) is -0.242. The van der Waals surface area contributed by atoms with Crippen molar-refractivity contribution in [2.24, 2.45) is 5.92 Å². The lowest BCUT2D eigenvalue weighted by Crippen LogP contribution is -2.36. The van der Waals surface area contributed by atoms with E-state index < -0.39 is 12.5 Å². The monoisotopic (exact) mass is 239 g/mol. The molecule has 1 amide bonds. The maximum Gasteiger partial charge on any atom is 0.246 e. The summed E-state index contributed by atoms with van der Waals surface area (Å²) in [5.74, 6) is 0.431. The van der Waals surface area contributed by atoms with E-state index in [1.165, 1.54) is 6.42 Å². The fourth-order valence-corrected chi connectivity index (χ4v) is 2.38. The third-order valence-corrected chi connectivity index (χ3v) is 3.22. The molecule has 1 aromatic heterocycles. The highest BCUT2D eigenvalue weighted by Crippen LogP contribution is 2.32. The molecular formula is C10H17N5O2. The molecule has 2 rings (SSSR count). The van der Waals surface area contributed by atoms with Gasteiger partial charge in [-0.2, -0.15) is 5.21 Å². The second-order valence-corrected chi connectivity index (χ2v) is 4.37. The van der Waals surface area contributed by atoms with E-state index in [4.69, 9.17) is 5.11 Å². The van der Waals surface area contributed by atoms with Crippen LogP contribution in [0.15, 0.2) is 0 Å². The van der Waals surface area contributed by atoms with Gasteiger partial charge in [-0.1, -0.05) is 24.5 Å². The Morgan fingerprint density at radius 3 is 2.82 bits per heavy atom. The number of carbonyl (C=O) groups excluding carboxylic acids is 1. The number of aliphatic hydroxyl groups excluding tert-OH is 1. The maximum absolute atomic E-state index is 11.3. The molecule has 1 aromatic rings. The first-order valence-corrected chi connectivity index (χ1v) is 5.95. The number of rotatable bonds is 4. The molecule has 1 saturated carbocycles. The van der Waals surface area contributed by atoms with Crippen LogP contribution in [-0.2, 0) is 4.79 Å². The highest BCUT2D eigenvalue weighted by atomic mass is 16.3. The van der Waals surface area contributed by atoms with Gasteiger partial charge in [-0.25, -0.2) is 0 Å². The van der Waals surface area contributed by atoms with Crippen molar-refractivity contribution in [3.05, 3.63) is 5.82 Å². The number of carbonyl (C=O) groups is 1. The van der Waals surface area contributed by atoms with Crippen LogP contribution in [0.25, 0.3) is 0 Å². The molecule has 94 valence electrons. The van der Waals surface area contributed by atoms with Crippen molar-refractivity contribution in [2.45, 2.75) is 38.1 Å². The van der Waals surface area contributed by atoms with Crippen molar-refractivity contribution >= 4 is 5.91 Å². The van der Waals surface area contributed by atoms with Crippen LogP contribution in [-0.4, -0.2) is 38.2 Å². The predicted octanol–water partition coefficient (Wildman–Crippen LogP) is -0.0704. The number of hydrogen-bond acceptors (Lipinski definition) is 5. The molecule has 1 aliphatic carbocycles. The second kappa shape index (κ2) is 5.72. The Balaban J connectivity index is 2.08. The molecule has 0 aliphatic heterocycles. The number of H-pyrrole nitrogens is 1. The average Bonchev–Trinajstić information content (AvgIpc) is 2.90. The summed E-state index contributed by atoms with van der Waals surface area (Å²) < 4.78 is 0. The number of aromatic nitrogens is 4. The zero-order valence-corrected chi connectivity index (χ0v) is 9.59. The third-order valence-electron chi connectivity index (χ3n) is 3.22. The second-order valence-electron chi connectivity index (χ2n) is 4.37. The third kappa shape index (κ3) is 3.00. The van der Waals surface area contributed by atoms with Crippen LogP contribution < -0.4 is 5.32 Å². The Morgan fingerprint density at radius 2 is 2.24 bits per heavy atom. The first kappa shape index (κ1) is 12.0. The predicted molar refractivity (Wildman–Crippen MR) is 58.7 cm³/mol. The van der Waals surface area contributed by atoms with Gasteiger partial charge in [-0.15, -0.1) is 10.2 Å². The highest BCUT2D eigenvalue weighted by Gasteiger charge is 2.29. The topological polar surface area (TPSA) is 104 Å². The fourth-order valence-electron chi connectivity index (χ4n) is 2.38. The van der Waals surface area contributed by atoms with E-state index in [-0.39, 0.29) is 6.04 Å². The van der Waals surface area contributed by atoms with E-state index in [9.17, 15) is 4.79 Å². The molecule has 7 heteroatoms. The van der Waals surface area contributed by atoms with Crippen LogP contribution in [0.3, 0.4) is 0 Å². The van der Waals surface area contributed by atoms with Crippen LogP contribution in [0.5, 0.6) is 0 Å². The number of tetrazole rings is 1. The van der Waals surface area contributed by atoms with Crippen molar-refractivity contribution in [3.8, 4) is 0 Å². The van der Waals surface area contributed by atoms with E-state index in [0.29, 0.717) is 11.7 Å². The number of aromatic amines is 1. The summed E-state index contributed by atoms with van der Waals surface area (Å²) in [6.07, 6.45) is 5.65. The molecule has 1 aliphatic rings. The number of hydrogen-bond donors (Lipinski definition) is 3. The Hall–Kier alpha value is -1.50. The van der Waals surface area contributed by atoms with Gasteiger partial charge in [-0.05, 0) is 18.8 Å². The lowest BCUT2D eigenvalue weighted by Gasteiger charge is -2.28. The van der Waals surface area contributed by atoms with Gasteiger partial charge in [0.25, 0.3) is 0 Å². The number of nitrogens with one attached hydrogen (secondary N) is 2. The molecule has 17 heavy (non-hydrogen) atoms. The van der Waals surface area contributed by atoms with Crippen LogP contribution >= 0.6 is 0 Å². The van der Waals surface area contributed by atoms with Crippen molar-refractivity contribution in [2.75, 3.05) is 6.61 Å². The SMILES string of the molecule is O=C(CO)NC(c1nn[nH]n1)C1CCCCC1. The van der Waals surface area contributed by atoms with Gasteiger partial charge in [0.05, 0.1) is 6.04 Å². The van der Waals surface area contributed by atoms with Crippen LogP contribution in [0, 0.1) is 5.92 Å². The molecule has 0 bridgehead atoms. The van der Waals surface area contributed by atoms with Crippen molar-refractivity contribution in [1.82, 2.24) is 25.9 Å². The summed E-state index contributed by atoms with van der Waals surface area (Å²) >= 11 is 0. The number of nitrogens with zero attached hydrogens (tertiary/aromatic N) is 3. The molecule has 0 radical (unpaired) electrons. The van der Waals surface area contributed by atoms with Crippen LogP contribution in [0.4, 0.5) is 0 Å². The smallest absolute Gasteiger partial charge is 0.246 e. The fraction of sp³-hybridized carbons (Fsp3) is 0.800. The minimum absolute atomic E-state index is 0.242. The van der Waals surface area contributed by atoms with E-state index in [2.05, 4.69) is 25.9 Å². The molecule has 1 fully saturated rings. The zero-order valence-electron chi connectivity index (χ0n) is 9.59. The number of aliphatic hydroxyl groups is 1. The molecule has 7 nitrogen and oxygen atoms in total. The zero-order chi connectivity index (χ0) is 12.1. The van der Waals surface area contributed by atoms with Gasteiger partial charge in [-0.3, -0.25) is 4.79 Å². The Bertz CT molecular complexity index is 348. The van der Waals surface area contributed by atoms with Crippen LogP contribution in [0.2, 0.25) is 0 Å². The largest absolute Gasteiger partial charge is 0.387 e. The van der Waals surface area contributed by atoms with Gasteiger partial charge < -0.3 is 10.4 Å². The molecule has 0 saturated heterocycles. The van der Waals surface area contributed by atoms with E-state index in [1.807, 2.05) is 0 Å². The number of amides is 1. The molecule has 1 heterocycles. The van der Waals surface area contributed by atoms with E-state index in [0.717, 1.165) is 25.7 Å². The van der Waals surface area contributed by atoms with Crippen molar-refractivity contribution < 1.29 is 9.90 Å². The van der Waals surface area contributed by atoms with Gasteiger partial charge in [0.2, 0.25) is 5.91 Å². The van der Waals surface area contributed by atoms with Crippen LogP contribution in [0.1, 0.15) is 44.0 Å². The highest BCUT2D eigenvalue weighted by molar-refractivity contribution is 5.77. The van der Waals surface area contributed by atoms with Gasteiger partial charge in [0.1, 0.15) is 6.61 Å². The summed E-state index contributed by atoms with van der Waals surface area (Å²) in [7, 11) is 0. The Morgan fingerprint density at radius 1 is 1.47 bits per heavy atom. The van der Waals surface area contributed by atoms with Crippen molar-refractivity contribution in [1.29, 1.82) is 0 Å². The van der Waals surface area contributed by atoms with E-state index in [1.54, 1.807) is 0 Å². The first-order chi connectivity index (χ1) is 8.31. The maximum atomic E-state index is 11.3. The molecule has 1 unspecified atom stereocenters. The first-order valence-electron chi connectivity index (χ1n) is 5.95. The quantitative estimate of drug-likeness (QED) is 0.682. The normalized spacial score (nSPS) is 18.9. The summed E-state index contributed by atoms with van der Waals surface area (Å²) in [5.41, 5.74) is 0. The summed E-state index contributed by atoms with van der Waals surface area (Å²) in [6.45, 7) is -0.513. The summed E-state index contributed by atoms with van der Waals surface area (Å²) in [4.78, 5) is 11.3. The molecule has 0 spiro atoms. The average molecular weight is 239 g/mol. The standard InChI is InChI=1S/C10H17N5O2/c16-6-8(17)11-9(10-12-14-15-13-10)7-4-2-1-3-5-7/h7,9,16H,1-6H2,(H,11,17)(H,12,13,14,15). The molecule has 1 atom stereocenters. The van der Waals surface area contributed by atoms with Gasteiger partial charge in [0, 0.05) is 0 Å². The molecule has 0 aromatic carbocycles. The molecule has 3 N–H and O–H groups in total. The Kier molecular flexibility index (Phi) is 4.03. The van der Waals surface area contributed by atoms with Crippen molar-refractivity contribution in [3.63, 3.8) is 0 Å². The van der Waals surface area contributed by atoms with Gasteiger partial charge >= 0.3 is 0 Å². The minimum Gasteiger partial charge on any atom is -0.387 e. The Labute approximate surface area is 99.0 Å². The molecular weight excluding hydrogens is 222 g/mol.